The molecule has 2 aliphatic carbocycles. The Labute approximate surface area is 153 Å². The fraction of sp³-hybridized carbons (Fsp3) is 0.571. The van der Waals surface area contributed by atoms with Crippen molar-refractivity contribution in [3.63, 3.8) is 0 Å². The first-order valence-electron chi connectivity index (χ1n) is 9.19. The Bertz CT molecular complexity index is 768. The normalized spacial score (nSPS) is 30.0. The highest BCUT2D eigenvalue weighted by atomic mass is 16.5. The molecule has 140 valence electrons. The van der Waals surface area contributed by atoms with E-state index in [1.807, 2.05) is 18.2 Å². The van der Waals surface area contributed by atoms with Gasteiger partial charge in [0, 0.05) is 5.56 Å². The molecule has 26 heavy (non-hydrogen) atoms. The Kier molecular flexibility index (Phi) is 4.67. The molecule has 0 unspecified atom stereocenters. The minimum absolute atomic E-state index is 0.0364. The molecule has 0 spiro atoms. The van der Waals surface area contributed by atoms with Gasteiger partial charge in [0.2, 0.25) is 0 Å². The number of ether oxygens (including phenoxy) is 1. The average Bonchev–Trinajstić information content (AvgIpc) is 2.60. The molecular formula is C21H26O5. The van der Waals surface area contributed by atoms with E-state index in [-0.39, 0.29) is 23.5 Å². The molecule has 1 saturated carbocycles. The summed E-state index contributed by atoms with van der Waals surface area (Å²) in [5.41, 5.74) is 1.57. The van der Waals surface area contributed by atoms with Crippen molar-refractivity contribution in [3.05, 3.63) is 34.9 Å². The van der Waals surface area contributed by atoms with Crippen LogP contribution in [0, 0.1) is 11.3 Å². The van der Waals surface area contributed by atoms with Gasteiger partial charge in [0.1, 0.15) is 0 Å². The highest BCUT2D eigenvalue weighted by Gasteiger charge is 2.58. The number of methoxy groups -OCH3 is 1. The van der Waals surface area contributed by atoms with Crippen LogP contribution in [0.4, 0.5) is 0 Å². The van der Waals surface area contributed by atoms with E-state index < -0.39 is 17.4 Å². The van der Waals surface area contributed by atoms with Crippen LogP contribution in [0.2, 0.25) is 0 Å². The summed E-state index contributed by atoms with van der Waals surface area (Å²) in [5, 5.41) is 10.1. The number of aryl methyl sites for hydroxylation is 1. The SMILES string of the molecule is COC(=O)C[C@@]1(C(=O)O)CCC[C@]2(C)c3ccc(C(C)=O)cc3CC[C@@H]12. The number of carboxylic acid groups (broad SMARTS) is 1. The van der Waals surface area contributed by atoms with E-state index in [9.17, 15) is 19.5 Å². The summed E-state index contributed by atoms with van der Waals surface area (Å²) in [4.78, 5) is 36.0. The van der Waals surface area contributed by atoms with Crippen LogP contribution in [0.25, 0.3) is 0 Å². The van der Waals surface area contributed by atoms with Crippen molar-refractivity contribution in [1.29, 1.82) is 0 Å². The monoisotopic (exact) mass is 358 g/mol. The Morgan fingerprint density at radius 2 is 2.00 bits per heavy atom. The van der Waals surface area contributed by atoms with Crippen LogP contribution in [0.1, 0.15) is 67.4 Å². The number of carbonyl (C=O) groups is 3. The van der Waals surface area contributed by atoms with Gasteiger partial charge in [0.05, 0.1) is 18.9 Å². The van der Waals surface area contributed by atoms with Crippen molar-refractivity contribution < 1.29 is 24.2 Å². The third kappa shape index (κ3) is 2.74. The lowest BCUT2D eigenvalue weighted by Crippen LogP contribution is -2.54. The second-order valence-corrected chi connectivity index (χ2v) is 8.00. The smallest absolute Gasteiger partial charge is 0.310 e. The van der Waals surface area contributed by atoms with E-state index in [1.165, 1.54) is 7.11 Å². The topological polar surface area (TPSA) is 80.7 Å². The fourth-order valence-electron chi connectivity index (χ4n) is 5.40. The van der Waals surface area contributed by atoms with Gasteiger partial charge in [-0.2, -0.15) is 0 Å². The summed E-state index contributed by atoms with van der Waals surface area (Å²) in [5.74, 6) is -1.46. The van der Waals surface area contributed by atoms with Crippen molar-refractivity contribution in [2.75, 3.05) is 7.11 Å². The van der Waals surface area contributed by atoms with Gasteiger partial charge in [0.25, 0.3) is 0 Å². The van der Waals surface area contributed by atoms with Gasteiger partial charge in [0.15, 0.2) is 5.78 Å². The maximum Gasteiger partial charge on any atom is 0.310 e. The van der Waals surface area contributed by atoms with Gasteiger partial charge in [-0.05, 0) is 61.1 Å². The minimum Gasteiger partial charge on any atom is -0.481 e. The maximum atomic E-state index is 12.3. The summed E-state index contributed by atoms with van der Waals surface area (Å²) in [7, 11) is 1.30. The minimum atomic E-state index is -1.09. The van der Waals surface area contributed by atoms with E-state index >= 15 is 0 Å². The number of hydrogen-bond acceptors (Lipinski definition) is 4. The number of hydrogen-bond donors (Lipinski definition) is 1. The van der Waals surface area contributed by atoms with Crippen LogP contribution >= 0.6 is 0 Å². The molecule has 0 radical (unpaired) electrons. The Morgan fingerprint density at radius 3 is 2.62 bits per heavy atom. The van der Waals surface area contributed by atoms with Crippen LogP contribution in [0.15, 0.2) is 18.2 Å². The summed E-state index contributed by atoms with van der Waals surface area (Å²) < 4.78 is 4.81. The molecule has 0 aliphatic heterocycles. The van der Waals surface area contributed by atoms with Crippen LogP contribution in [-0.4, -0.2) is 29.9 Å². The number of carbonyl (C=O) groups excluding carboxylic acids is 2. The molecule has 1 aromatic carbocycles. The largest absolute Gasteiger partial charge is 0.481 e. The van der Waals surface area contributed by atoms with Gasteiger partial charge in [-0.25, -0.2) is 0 Å². The molecule has 1 fully saturated rings. The second-order valence-electron chi connectivity index (χ2n) is 8.00. The number of ketones is 1. The third-order valence-corrected chi connectivity index (χ3v) is 6.70. The zero-order valence-corrected chi connectivity index (χ0v) is 15.6. The first-order chi connectivity index (χ1) is 12.2. The van der Waals surface area contributed by atoms with Crippen LogP contribution in [0.3, 0.4) is 0 Å². The molecule has 0 bridgehead atoms. The number of benzene rings is 1. The molecule has 5 heteroatoms. The number of esters is 1. The van der Waals surface area contributed by atoms with Crippen molar-refractivity contribution >= 4 is 17.7 Å². The molecule has 0 saturated heterocycles. The van der Waals surface area contributed by atoms with Gasteiger partial charge in [-0.3, -0.25) is 14.4 Å². The fourth-order valence-corrected chi connectivity index (χ4v) is 5.40. The molecule has 0 aromatic heterocycles. The van der Waals surface area contributed by atoms with Gasteiger partial charge >= 0.3 is 11.9 Å². The lowest BCUT2D eigenvalue weighted by Gasteiger charge is -2.54. The lowest BCUT2D eigenvalue weighted by molar-refractivity contribution is -0.167. The Balaban J connectivity index is 2.08. The van der Waals surface area contributed by atoms with E-state index in [1.54, 1.807) is 6.92 Å². The number of aliphatic carboxylic acids is 1. The lowest BCUT2D eigenvalue weighted by atomic mass is 9.48. The van der Waals surface area contributed by atoms with Crippen LogP contribution < -0.4 is 0 Å². The number of Topliss-reactive ketones (excluding diaryl/α,β-unsaturated/α-hetero) is 1. The molecule has 3 rings (SSSR count). The zero-order chi connectivity index (χ0) is 19.1. The highest BCUT2D eigenvalue weighted by Crippen LogP contribution is 2.58. The predicted molar refractivity (Wildman–Crippen MR) is 96.2 cm³/mol. The van der Waals surface area contributed by atoms with E-state index in [4.69, 9.17) is 4.74 Å². The molecular weight excluding hydrogens is 332 g/mol. The quantitative estimate of drug-likeness (QED) is 0.658. The van der Waals surface area contributed by atoms with E-state index in [2.05, 4.69) is 6.92 Å². The first kappa shape index (κ1) is 18.6. The first-order valence-corrected chi connectivity index (χ1v) is 9.19. The molecule has 3 atom stereocenters. The molecule has 1 N–H and O–H groups in total. The second kappa shape index (κ2) is 6.53. The van der Waals surface area contributed by atoms with Crippen molar-refractivity contribution in [1.82, 2.24) is 0 Å². The Morgan fingerprint density at radius 1 is 1.27 bits per heavy atom. The van der Waals surface area contributed by atoms with Gasteiger partial charge in [-0.15, -0.1) is 0 Å². The zero-order valence-electron chi connectivity index (χ0n) is 15.6. The number of rotatable bonds is 4. The Hall–Kier alpha value is -2.17. The maximum absolute atomic E-state index is 12.3. The van der Waals surface area contributed by atoms with Gasteiger partial charge in [-0.1, -0.05) is 25.5 Å². The van der Waals surface area contributed by atoms with Crippen LogP contribution in [0.5, 0.6) is 0 Å². The number of fused-ring (bicyclic) bond motifs is 3. The molecule has 1 aromatic rings. The van der Waals surface area contributed by atoms with E-state index in [0.717, 1.165) is 30.4 Å². The molecule has 0 amide bonds. The summed E-state index contributed by atoms with van der Waals surface area (Å²) >= 11 is 0. The molecule has 5 nitrogen and oxygen atoms in total. The van der Waals surface area contributed by atoms with Crippen molar-refractivity contribution in [3.8, 4) is 0 Å². The highest BCUT2D eigenvalue weighted by molar-refractivity contribution is 5.94. The molecule has 2 aliphatic rings. The molecule has 0 heterocycles. The van der Waals surface area contributed by atoms with Crippen molar-refractivity contribution in [2.45, 2.75) is 57.8 Å². The average molecular weight is 358 g/mol. The van der Waals surface area contributed by atoms with E-state index in [0.29, 0.717) is 18.4 Å². The van der Waals surface area contributed by atoms with Gasteiger partial charge < -0.3 is 9.84 Å². The number of carboxylic acids is 1. The standard InChI is InChI=1S/C21H26O5/c1-13(22)14-5-7-16-15(11-14)6-8-17-20(16,2)9-4-10-21(17,19(24)25)12-18(23)26-3/h5,7,11,17H,4,6,8-10,12H2,1-3H3,(H,24,25)/t17-,20-,21+/m1/s1. The predicted octanol–water partition coefficient (Wildman–Crippen LogP) is 3.53. The summed E-state index contributed by atoms with van der Waals surface area (Å²) in [6, 6.07) is 5.79. The van der Waals surface area contributed by atoms with Crippen molar-refractivity contribution in [2.24, 2.45) is 11.3 Å². The third-order valence-electron chi connectivity index (χ3n) is 6.70. The summed E-state index contributed by atoms with van der Waals surface area (Å²) in [6.07, 6.45) is 3.49. The van der Waals surface area contributed by atoms with Crippen LogP contribution in [-0.2, 0) is 26.2 Å². The summed E-state index contributed by atoms with van der Waals surface area (Å²) in [6.45, 7) is 3.68.